The Morgan fingerprint density at radius 1 is 1.36 bits per heavy atom. The number of rotatable bonds is 3. The maximum atomic E-state index is 11.8. The molecule has 0 saturated heterocycles. The van der Waals surface area contributed by atoms with Crippen molar-refractivity contribution in [2.24, 2.45) is 11.8 Å². The summed E-state index contributed by atoms with van der Waals surface area (Å²) in [4.78, 5) is 24.5. The SMILES string of the molecule is CCC1=S(CC2CC2)C(=O)C(C)C1=O. The van der Waals surface area contributed by atoms with Crippen molar-refractivity contribution in [3.63, 3.8) is 0 Å². The lowest BCUT2D eigenvalue weighted by atomic mass is 10.1. The van der Waals surface area contributed by atoms with E-state index < -0.39 is 0 Å². The van der Waals surface area contributed by atoms with Gasteiger partial charge in [0.05, 0.1) is 5.92 Å². The van der Waals surface area contributed by atoms with Crippen molar-refractivity contribution >= 4 is 26.2 Å². The molecule has 1 aliphatic heterocycles. The summed E-state index contributed by atoms with van der Waals surface area (Å²) >= 11 is 0. The van der Waals surface area contributed by atoms with Crippen molar-refractivity contribution in [1.29, 1.82) is 0 Å². The Hall–Kier alpha value is -0.440. The highest BCUT2D eigenvalue weighted by Crippen LogP contribution is 2.40. The maximum Gasteiger partial charge on any atom is 0.194 e. The van der Waals surface area contributed by atoms with Crippen LogP contribution in [0.3, 0.4) is 0 Å². The molecule has 2 nitrogen and oxygen atoms in total. The van der Waals surface area contributed by atoms with Gasteiger partial charge in [0, 0.05) is 4.86 Å². The monoisotopic (exact) mass is 212 g/mol. The van der Waals surface area contributed by atoms with E-state index in [1.54, 1.807) is 6.92 Å². The molecule has 0 amide bonds. The average Bonchev–Trinajstić information content (AvgIpc) is 2.95. The van der Waals surface area contributed by atoms with Gasteiger partial charge in [0.1, 0.15) is 0 Å². The van der Waals surface area contributed by atoms with Crippen LogP contribution in [0.5, 0.6) is 0 Å². The normalized spacial score (nSPS) is 32.9. The third-order valence-corrected chi connectivity index (χ3v) is 5.71. The predicted octanol–water partition coefficient (Wildman–Crippen LogP) is 1.99. The lowest BCUT2D eigenvalue weighted by Crippen LogP contribution is -2.16. The molecule has 0 N–H and O–H groups in total. The Morgan fingerprint density at radius 2 is 2.00 bits per heavy atom. The molecule has 2 unspecified atom stereocenters. The minimum atomic E-state index is -0.341. The molecule has 2 atom stereocenters. The van der Waals surface area contributed by atoms with Crippen LogP contribution in [0.25, 0.3) is 0 Å². The highest BCUT2D eigenvalue weighted by atomic mass is 32.2. The highest BCUT2D eigenvalue weighted by Gasteiger charge is 2.38. The summed E-state index contributed by atoms with van der Waals surface area (Å²) in [6, 6.07) is 0. The zero-order chi connectivity index (χ0) is 10.3. The van der Waals surface area contributed by atoms with E-state index in [0.29, 0.717) is 0 Å². The summed E-state index contributed by atoms with van der Waals surface area (Å²) < 4.78 is 0. The summed E-state index contributed by atoms with van der Waals surface area (Å²) in [5, 5.41) is 0.207. The number of carbonyl (C=O) groups excluding carboxylic acids is 2. The van der Waals surface area contributed by atoms with E-state index in [1.165, 1.54) is 12.8 Å². The Bertz CT molecular complexity index is 326. The quantitative estimate of drug-likeness (QED) is 0.529. The van der Waals surface area contributed by atoms with Crippen LogP contribution in [-0.4, -0.2) is 21.5 Å². The molecular weight excluding hydrogens is 196 g/mol. The van der Waals surface area contributed by atoms with Crippen molar-refractivity contribution < 1.29 is 9.59 Å². The fourth-order valence-electron chi connectivity index (χ4n) is 1.86. The lowest BCUT2D eigenvalue weighted by Gasteiger charge is -2.03. The number of carbonyl (C=O) groups is 2. The summed E-state index contributed by atoms with van der Waals surface area (Å²) in [6.07, 6.45) is 3.29. The standard InChI is InChI=1S/C11H16O2S/c1-3-9-10(12)7(2)11(13)14(9)6-8-4-5-8/h7-8H,3-6H2,1-2H3. The Morgan fingerprint density at radius 3 is 2.50 bits per heavy atom. The van der Waals surface area contributed by atoms with Gasteiger partial charge in [0.15, 0.2) is 10.9 Å². The van der Waals surface area contributed by atoms with Gasteiger partial charge in [-0.2, -0.15) is 0 Å². The Labute approximate surface area is 87.0 Å². The van der Waals surface area contributed by atoms with Crippen LogP contribution >= 0.6 is 10.5 Å². The first-order valence-corrected chi connectivity index (χ1v) is 6.69. The molecule has 3 heteroatoms. The van der Waals surface area contributed by atoms with Gasteiger partial charge in [-0.25, -0.2) is 0 Å². The second-order valence-corrected chi connectivity index (χ2v) is 6.19. The fourth-order valence-corrected chi connectivity index (χ4v) is 4.57. The molecule has 78 valence electrons. The van der Waals surface area contributed by atoms with Crippen molar-refractivity contribution in [2.45, 2.75) is 33.1 Å². The smallest absolute Gasteiger partial charge is 0.194 e. The molecule has 1 saturated carbocycles. The number of Topliss-reactive ketones (excluding diaryl/α,β-unsaturated/α-hetero) is 1. The zero-order valence-corrected chi connectivity index (χ0v) is 9.52. The van der Waals surface area contributed by atoms with Crippen molar-refractivity contribution in [3.05, 3.63) is 0 Å². The van der Waals surface area contributed by atoms with Crippen LogP contribution in [0.4, 0.5) is 0 Å². The zero-order valence-electron chi connectivity index (χ0n) is 8.71. The van der Waals surface area contributed by atoms with E-state index in [0.717, 1.165) is 23.0 Å². The fraction of sp³-hybridized carbons (Fsp3) is 0.727. The molecule has 0 radical (unpaired) electrons. The minimum absolute atomic E-state index is 0.126. The molecule has 14 heavy (non-hydrogen) atoms. The molecular formula is C11H16O2S. The first kappa shape index (κ1) is 10.1. The summed E-state index contributed by atoms with van der Waals surface area (Å²) in [5.41, 5.74) is 0. The van der Waals surface area contributed by atoms with Crippen LogP contribution in [0.2, 0.25) is 0 Å². The molecule has 1 fully saturated rings. The third-order valence-electron chi connectivity index (χ3n) is 2.98. The topological polar surface area (TPSA) is 34.1 Å². The van der Waals surface area contributed by atoms with Gasteiger partial charge in [-0.05, 0) is 37.9 Å². The predicted molar refractivity (Wildman–Crippen MR) is 59.7 cm³/mol. The molecule has 0 aromatic rings. The third kappa shape index (κ3) is 1.58. The molecule has 1 heterocycles. The summed E-state index contributed by atoms with van der Waals surface area (Å²) in [6.45, 7) is 3.76. The van der Waals surface area contributed by atoms with Crippen LogP contribution in [0.15, 0.2) is 0 Å². The van der Waals surface area contributed by atoms with Gasteiger partial charge in [-0.1, -0.05) is 6.92 Å². The van der Waals surface area contributed by atoms with Crippen LogP contribution in [-0.2, 0) is 9.59 Å². The summed E-state index contributed by atoms with van der Waals surface area (Å²) in [5.74, 6) is 1.49. The van der Waals surface area contributed by atoms with E-state index >= 15 is 0 Å². The van der Waals surface area contributed by atoms with Crippen molar-refractivity contribution in [3.8, 4) is 0 Å². The van der Waals surface area contributed by atoms with Gasteiger partial charge < -0.3 is 0 Å². The molecule has 1 aliphatic carbocycles. The lowest BCUT2D eigenvalue weighted by molar-refractivity contribution is -0.122. The second-order valence-electron chi connectivity index (χ2n) is 4.18. The second kappa shape index (κ2) is 3.61. The molecule has 0 spiro atoms. The molecule has 2 aliphatic rings. The van der Waals surface area contributed by atoms with E-state index in [9.17, 15) is 9.59 Å². The average molecular weight is 212 g/mol. The van der Waals surface area contributed by atoms with Crippen LogP contribution in [0.1, 0.15) is 33.1 Å². The maximum absolute atomic E-state index is 11.8. The number of hydrogen-bond donors (Lipinski definition) is 0. The van der Waals surface area contributed by atoms with Crippen LogP contribution < -0.4 is 0 Å². The first-order chi connectivity index (χ1) is 6.65. The van der Waals surface area contributed by atoms with E-state index in [2.05, 4.69) is 0 Å². The molecule has 0 aromatic carbocycles. The minimum Gasteiger partial charge on any atom is -0.293 e. The van der Waals surface area contributed by atoms with Gasteiger partial charge in [0.25, 0.3) is 0 Å². The Balaban J connectivity index is 2.26. The van der Waals surface area contributed by atoms with Gasteiger partial charge in [-0.3, -0.25) is 9.59 Å². The first-order valence-electron chi connectivity index (χ1n) is 5.30. The summed E-state index contributed by atoms with van der Waals surface area (Å²) in [7, 11) is -0.309. The number of hydrogen-bond acceptors (Lipinski definition) is 2. The molecule has 0 bridgehead atoms. The van der Waals surface area contributed by atoms with Crippen molar-refractivity contribution in [1.82, 2.24) is 0 Å². The van der Waals surface area contributed by atoms with Crippen LogP contribution in [0, 0.1) is 11.8 Å². The molecule has 0 aromatic heterocycles. The van der Waals surface area contributed by atoms with Crippen molar-refractivity contribution in [2.75, 3.05) is 5.75 Å². The highest BCUT2D eigenvalue weighted by molar-refractivity contribution is 8.30. The van der Waals surface area contributed by atoms with E-state index in [1.807, 2.05) is 6.92 Å². The molecule has 2 rings (SSSR count). The largest absolute Gasteiger partial charge is 0.293 e. The van der Waals surface area contributed by atoms with E-state index in [4.69, 9.17) is 0 Å². The van der Waals surface area contributed by atoms with Gasteiger partial charge in [0.2, 0.25) is 0 Å². The van der Waals surface area contributed by atoms with E-state index in [-0.39, 0.29) is 27.3 Å². The Kier molecular flexibility index (Phi) is 2.60. The number of ketones is 1. The van der Waals surface area contributed by atoms with Gasteiger partial charge in [-0.15, -0.1) is 10.5 Å². The van der Waals surface area contributed by atoms with Gasteiger partial charge >= 0.3 is 0 Å².